The van der Waals surface area contributed by atoms with Gasteiger partial charge in [-0.05, 0) is 12.8 Å². The normalized spacial score (nSPS) is 11.2. The zero-order chi connectivity index (χ0) is 19.1. The molecule has 0 aromatic carbocycles. The van der Waals surface area contributed by atoms with Crippen molar-refractivity contribution in [1.29, 1.82) is 0 Å². The summed E-state index contributed by atoms with van der Waals surface area (Å²) in [5.74, 6) is 0.515. The molecule has 0 aliphatic carbocycles. The Morgan fingerprint density at radius 1 is 0.385 bits per heavy atom. The van der Waals surface area contributed by atoms with Crippen molar-refractivity contribution in [2.75, 3.05) is 0 Å². The Morgan fingerprint density at radius 2 is 0.615 bits per heavy atom. The fraction of sp³-hybridized carbons (Fsp3) is 0.960. The number of rotatable bonds is 22. The lowest BCUT2D eigenvalue weighted by Crippen LogP contribution is -1.97. The van der Waals surface area contributed by atoms with Crippen LogP contribution in [-0.2, 0) is 4.79 Å². The van der Waals surface area contributed by atoms with Crippen molar-refractivity contribution in [3.63, 3.8) is 0 Å². The fourth-order valence-electron chi connectivity index (χ4n) is 3.74. The van der Waals surface area contributed by atoms with E-state index in [2.05, 4.69) is 13.8 Å². The second kappa shape index (κ2) is 22.7. The average Bonchev–Trinajstić information content (AvgIpc) is 2.64. The Labute approximate surface area is 166 Å². The zero-order valence-corrected chi connectivity index (χ0v) is 18.5. The molecule has 0 bridgehead atoms. The van der Waals surface area contributed by atoms with Gasteiger partial charge in [-0.25, -0.2) is 0 Å². The molecule has 156 valence electrons. The molecule has 0 aromatic rings. The first-order chi connectivity index (χ1) is 12.8. The van der Waals surface area contributed by atoms with Crippen molar-refractivity contribution < 1.29 is 4.79 Å². The number of unbranched alkanes of at least 4 members (excludes halogenated alkanes) is 18. The molecule has 0 aromatic heterocycles. The summed E-state index contributed by atoms with van der Waals surface area (Å²) in [5, 5.41) is 0. The molecule has 0 saturated heterocycles. The first-order valence-electron chi connectivity index (χ1n) is 12.3. The molecular formula is C25H50O. The number of hydrogen-bond acceptors (Lipinski definition) is 1. The molecule has 1 nitrogen and oxygen atoms in total. The molecule has 1 heteroatoms. The molecule has 0 spiro atoms. The molecule has 0 atom stereocenters. The van der Waals surface area contributed by atoms with Crippen molar-refractivity contribution in [3.05, 3.63) is 0 Å². The summed E-state index contributed by atoms with van der Waals surface area (Å²) >= 11 is 0. The van der Waals surface area contributed by atoms with Gasteiger partial charge in [-0.1, -0.05) is 129 Å². The number of Topliss-reactive ketones (excluding diaryl/α,β-unsaturated/α-hetero) is 1. The van der Waals surface area contributed by atoms with Gasteiger partial charge in [0.2, 0.25) is 0 Å². The van der Waals surface area contributed by atoms with Gasteiger partial charge in [-0.15, -0.1) is 0 Å². The summed E-state index contributed by atoms with van der Waals surface area (Å²) in [4.78, 5) is 11.9. The number of ketones is 1. The van der Waals surface area contributed by atoms with E-state index in [0.29, 0.717) is 5.78 Å². The summed E-state index contributed by atoms with van der Waals surface area (Å²) in [5.41, 5.74) is 0. The van der Waals surface area contributed by atoms with E-state index in [1.807, 2.05) is 0 Å². The summed E-state index contributed by atoms with van der Waals surface area (Å²) < 4.78 is 0. The van der Waals surface area contributed by atoms with Crippen LogP contribution < -0.4 is 0 Å². The number of hydrogen-bond donors (Lipinski definition) is 0. The third kappa shape index (κ3) is 21.7. The summed E-state index contributed by atoms with van der Waals surface area (Å²) in [6, 6.07) is 0. The van der Waals surface area contributed by atoms with Crippen LogP contribution in [0.5, 0.6) is 0 Å². The van der Waals surface area contributed by atoms with Crippen LogP contribution in [0.2, 0.25) is 0 Å². The first-order valence-corrected chi connectivity index (χ1v) is 12.3. The molecule has 0 aliphatic rings. The molecule has 0 heterocycles. The highest BCUT2D eigenvalue weighted by molar-refractivity contribution is 5.78. The lowest BCUT2D eigenvalue weighted by molar-refractivity contribution is -0.119. The lowest BCUT2D eigenvalue weighted by Gasteiger charge is -2.04. The molecule has 0 rings (SSSR count). The van der Waals surface area contributed by atoms with Crippen molar-refractivity contribution in [3.8, 4) is 0 Å². The molecule has 0 amide bonds. The predicted octanol–water partition coefficient (Wildman–Crippen LogP) is 9.18. The number of carbonyl (C=O) groups excluding carboxylic acids is 1. The Bertz CT molecular complexity index is 271. The van der Waals surface area contributed by atoms with Gasteiger partial charge in [0.05, 0.1) is 0 Å². The lowest BCUT2D eigenvalue weighted by atomic mass is 10.0. The number of carbonyl (C=O) groups is 1. The Morgan fingerprint density at radius 3 is 0.885 bits per heavy atom. The van der Waals surface area contributed by atoms with E-state index in [4.69, 9.17) is 0 Å². The monoisotopic (exact) mass is 366 g/mol. The minimum absolute atomic E-state index is 0.515. The highest BCUT2D eigenvalue weighted by Crippen LogP contribution is 2.14. The maximum absolute atomic E-state index is 11.9. The van der Waals surface area contributed by atoms with Crippen molar-refractivity contribution in [2.24, 2.45) is 0 Å². The third-order valence-electron chi connectivity index (χ3n) is 5.62. The van der Waals surface area contributed by atoms with Crippen molar-refractivity contribution >= 4 is 5.78 Å². The maximum atomic E-state index is 11.9. The highest BCUT2D eigenvalue weighted by atomic mass is 16.1. The van der Waals surface area contributed by atoms with Gasteiger partial charge in [0.1, 0.15) is 5.78 Å². The van der Waals surface area contributed by atoms with Crippen molar-refractivity contribution in [1.82, 2.24) is 0 Å². The predicted molar refractivity (Wildman–Crippen MR) is 118 cm³/mol. The van der Waals surface area contributed by atoms with E-state index in [9.17, 15) is 4.79 Å². The van der Waals surface area contributed by atoms with E-state index >= 15 is 0 Å². The summed E-state index contributed by atoms with van der Waals surface area (Å²) in [7, 11) is 0. The summed E-state index contributed by atoms with van der Waals surface area (Å²) in [6.07, 6.45) is 28.7. The van der Waals surface area contributed by atoms with Crippen LogP contribution in [0.3, 0.4) is 0 Å². The van der Waals surface area contributed by atoms with Crippen LogP contribution in [0.25, 0.3) is 0 Å². The first kappa shape index (κ1) is 25.7. The van der Waals surface area contributed by atoms with E-state index in [1.54, 1.807) is 0 Å². The molecule has 0 radical (unpaired) electrons. The van der Waals surface area contributed by atoms with Gasteiger partial charge < -0.3 is 0 Å². The van der Waals surface area contributed by atoms with Gasteiger partial charge in [0.15, 0.2) is 0 Å². The van der Waals surface area contributed by atoms with Gasteiger partial charge in [0.25, 0.3) is 0 Å². The second-order valence-electron chi connectivity index (χ2n) is 8.40. The van der Waals surface area contributed by atoms with Gasteiger partial charge in [-0.3, -0.25) is 4.79 Å². The van der Waals surface area contributed by atoms with E-state index in [1.165, 1.54) is 116 Å². The van der Waals surface area contributed by atoms with Gasteiger partial charge >= 0.3 is 0 Å². The van der Waals surface area contributed by atoms with Crippen LogP contribution >= 0.6 is 0 Å². The standard InChI is InChI=1S/C25H50O/c1-3-5-7-9-11-12-13-14-15-16-18-20-22-24-25(26)23-21-19-17-10-8-6-4-2/h3-24H2,1-2H3. The largest absolute Gasteiger partial charge is 0.300 e. The highest BCUT2D eigenvalue weighted by Gasteiger charge is 2.02. The van der Waals surface area contributed by atoms with Crippen LogP contribution in [0.15, 0.2) is 0 Å². The quantitative estimate of drug-likeness (QED) is 0.174. The fourth-order valence-corrected chi connectivity index (χ4v) is 3.74. The van der Waals surface area contributed by atoms with Gasteiger partial charge in [-0.2, -0.15) is 0 Å². The molecule has 0 N–H and O–H groups in total. The molecule has 0 fully saturated rings. The van der Waals surface area contributed by atoms with E-state index in [0.717, 1.165) is 25.7 Å². The topological polar surface area (TPSA) is 17.1 Å². The SMILES string of the molecule is CCCCCCCCCCCCCCCC(=O)CCCCCCCCC. The molecule has 0 unspecified atom stereocenters. The molecule has 0 aliphatic heterocycles. The van der Waals surface area contributed by atoms with E-state index in [-0.39, 0.29) is 0 Å². The molecular weight excluding hydrogens is 316 g/mol. The molecule has 26 heavy (non-hydrogen) atoms. The Balaban J connectivity index is 3.12. The van der Waals surface area contributed by atoms with Crippen LogP contribution in [0.4, 0.5) is 0 Å². The maximum Gasteiger partial charge on any atom is 0.132 e. The Hall–Kier alpha value is -0.330. The minimum atomic E-state index is 0.515. The van der Waals surface area contributed by atoms with Crippen molar-refractivity contribution in [2.45, 2.75) is 155 Å². The van der Waals surface area contributed by atoms with Crippen LogP contribution in [-0.4, -0.2) is 5.78 Å². The third-order valence-corrected chi connectivity index (χ3v) is 5.62. The second-order valence-corrected chi connectivity index (χ2v) is 8.40. The van der Waals surface area contributed by atoms with Crippen LogP contribution in [0, 0.1) is 0 Å². The zero-order valence-electron chi connectivity index (χ0n) is 18.5. The average molecular weight is 367 g/mol. The Kier molecular flexibility index (Phi) is 22.4. The van der Waals surface area contributed by atoms with Crippen LogP contribution in [0.1, 0.15) is 155 Å². The minimum Gasteiger partial charge on any atom is -0.300 e. The van der Waals surface area contributed by atoms with E-state index < -0.39 is 0 Å². The van der Waals surface area contributed by atoms with Gasteiger partial charge in [0, 0.05) is 12.8 Å². The molecule has 0 saturated carbocycles. The smallest absolute Gasteiger partial charge is 0.132 e. The summed E-state index contributed by atoms with van der Waals surface area (Å²) in [6.45, 7) is 4.54.